The predicted octanol–water partition coefficient (Wildman–Crippen LogP) is 5.63. The van der Waals surface area contributed by atoms with E-state index in [4.69, 9.17) is 0 Å². The Kier molecular flexibility index (Phi) is 7.45. The largest absolute Gasteiger partial charge is 0.375 e. The van der Waals surface area contributed by atoms with Gasteiger partial charge in [-0.05, 0) is 29.4 Å². The molecule has 0 spiro atoms. The van der Waals surface area contributed by atoms with Crippen LogP contribution >= 0.6 is 0 Å². The van der Waals surface area contributed by atoms with Crippen LogP contribution in [-0.4, -0.2) is 53.6 Å². The Bertz CT molecular complexity index is 979. The van der Waals surface area contributed by atoms with Gasteiger partial charge < -0.3 is 14.5 Å². The molecule has 1 saturated heterocycles. The molecule has 2 aliphatic rings. The molecule has 1 aliphatic carbocycles. The van der Waals surface area contributed by atoms with E-state index in [9.17, 15) is 9.90 Å². The lowest BCUT2D eigenvalue weighted by atomic mass is 9.78. The van der Waals surface area contributed by atoms with Crippen molar-refractivity contribution in [2.75, 3.05) is 27.2 Å². The van der Waals surface area contributed by atoms with Gasteiger partial charge in [0, 0.05) is 37.4 Å². The lowest BCUT2D eigenvalue weighted by Gasteiger charge is -2.45. The minimum Gasteiger partial charge on any atom is -0.375 e. The highest BCUT2D eigenvalue weighted by molar-refractivity contribution is 5.87. The fourth-order valence-corrected chi connectivity index (χ4v) is 6.29. The molecule has 1 heterocycles. The molecule has 2 fully saturated rings. The summed E-state index contributed by atoms with van der Waals surface area (Å²) in [5, 5.41) is 11.9. The molecule has 1 atom stereocenters. The number of hydrogen-bond donors (Lipinski definition) is 1. The molecule has 0 bridgehead atoms. The maximum atomic E-state index is 13.8. The molecule has 2 aromatic carbocycles. The van der Waals surface area contributed by atoms with E-state index in [0.29, 0.717) is 6.04 Å². The van der Waals surface area contributed by atoms with Gasteiger partial charge in [0.2, 0.25) is 0 Å². The second kappa shape index (κ2) is 10.1. The molecule has 4 nitrogen and oxygen atoms in total. The average Bonchev–Trinajstić information content (AvgIpc) is 3.39. The molecule has 0 aromatic heterocycles. The molecule has 4 rings (SSSR count). The van der Waals surface area contributed by atoms with Crippen molar-refractivity contribution in [3.8, 4) is 0 Å². The molecule has 2 aromatic rings. The average molecular weight is 478 g/mol. The van der Waals surface area contributed by atoms with Gasteiger partial charge in [-0.2, -0.15) is 0 Å². The van der Waals surface area contributed by atoms with Crippen molar-refractivity contribution in [1.29, 1.82) is 0 Å². The Labute approximate surface area is 212 Å². The summed E-state index contributed by atoms with van der Waals surface area (Å²) in [6.07, 6.45) is 5.97. The predicted molar refractivity (Wildman–Crippen MR) is 143 cm³/mol. The standard InChI is InChI=1S/C31H45N2O2/c1-30(2,3)25-17-15-24(16-18-25)23-33(4,5)28-19-21-32(22-20-28)29(34)31(35,27-13-9-10-14-27)26-11-7-6-8-12-26/h6-8,11-12,15-18,27-28,35H,9-10,13-14,19-23H2,1-5H3/q+1. The number of carbonyl (C=O) groups is 1. The monoisotopic (exact) mass is 477 g/mol. The van der Waals surface area contributed by atoms with Crippen LogP contribution in [0.3, 0.4) is 0 Å². The Morgan fingerprint density at radius 3 is 2.00 bits per heavy atom. The molecule has 1 aliphatic heterocycles. The van der Waals surface area contributed by atoms with E-state index in [1.807, 2.05) is 35.2 Å². The quantitative estimate of drug-likeness (QED) is 0.548. The van der Waals surface area contributed by atoms with E-state index in [0.717, 1.165) is 68.2 Å². The number of carbonyl (C=O) groups excluding carboxylic acids is 1. The summed E-state index contributed by atoms with van der Waals surface area (Å²) in [5.41, 5.74) is 2.26. The molecule has 1 amide bonds. The first-order chi connectivity index (χ1) is 16.5. The zero-order chi connectivity index (χ0) is 25.3. The third kappa shape index (κ3) is 5.49. The number of likely N-dealkylation sites (tertiary alicyclic amines) is 1. The van der Waals surface area contributed by atoms with Gasteiger partial charge in [0.15, 0.2) is 5.60 Å². The van der Waals surface area contributed by atoms with E-state index in [1.54, 1.807) is 0 Å². The highest BCUT2D eigenvalue weighted by atomic mass is 16.3. The van der Waals surface area contributed by atoms with Crippen LogP contribution in [-0.2, 0) is 22.4 Å². The van der Waals surface area contributed by atoms with Crippen molar-refractivity contribution in [3.63, 3.8) is 0 Å². The number of quaternary nitrogens is 1. The number of piperidine rings is 1. The lowest BCUT2D eigenvalue weighted by molar-refractivity contribution is -0.929. The topological polar surface area (TPSA) is 40.5 Å². The first-order valence-electron chi connectivity index (χ1n) is 13.5. The highest BCUT2D eigenvalue weighted by Crippen LogP contribution is 2.42. The molecule has 1 N–H and O–H groups in total. The molecular weight excluding hydrogens is 432 g/mol. The van der Waals surface area contributed by atoms with E-state index in [2.05, 4.69) is 59.1 Å². The van der Waals surface area contributed by atoms with Crippen molar-refractivity contribution in [2.24, 2.45) is 5.92 Å². The first-order valence-corrected chi connectivity index (χ1v) is 13.5. The van der Waals surface area contributed by atoms with Crippen LogP contribution in [0.15, 0.2) is 54.6 Å². The van der Waals surface area contributed by atoms with Gasteiger partial charge in [-0.25, -0.2) is 0 Å². The number of aliphatic hydroxyl groups is 1. The highest BCUT2D eigenvalue weighted by Gasteiger charge is 2.49. The van der Waals surface area contributed by atoms with Crippen LogP contribution in [0.1, 0.15) is 76.0 Å². The van der Waals surface area contributed by atoms with Gasteiger partial charge in [-0.1, -0.05) is 88.2 Å². The van der Waals surface area contributed by atoms with E-state index in [1.165, 1.54) is 11.1 Å². The van der Waals surface area contributed by atoms with Crippen molar-refractivity contribution in [1.82, 2.24) is 4.90 Å². The fraction of sp³-hybridized carbons (Fsp3) is 0.581. The maximum absolute atomic E-state index is 13.8. The van der Waals surface area contributed by atoms with Crippen LogP contribution in [0.4, 0.5) is 0 Å². The van der Waals surface area contributed by atoms with Crippen molar-refractivity contribution < 1.29 is 14.4 Å². The van der Waals surface area contributed by atoms with E-state index >= 15 is 0 Å². The summed E-state index contributed by atoms with van der Waals surface area (Å²) in [6, 6.07) is 19.3. The summed E-state index contributed by atoms with van der Waals surface area (Å²) >= 11 is 0. The third-order valence-electron chi connectivity index (χ3n) is 8.64. The number of benzene rings is 2. The van der Waals surface area contributed by atoms with Gasteiger partial charge in [-0.3, -0.25) is 4.79 Å². The smallest absolute Gasteiger partial charge is 0.259 e. The molecule has 0 radical (unpaired) electrons. The Balaban J connectivity index is 1.42. The summed E-state index contributed by atoms with van der Waals surface area (Å²) < 4.78 is 0.919. The molecule has 35 heavy (non-hydrogen) atoms. The summed E-state index contributed by atoms with van der Waals surface area (Å²) in [5.74, 6) is -0.0736. The first kappa shape index (κ1) is 25.9. The second-order valence-corrected chi connectivity index (χ2v) is 12.5. The van der Waals surface area contributed by atoms with Gasteiger partial charge in [-0.15, -0.1) is 0 Å². The minimum absolute atomic E-state index is 0.0124. The maximum Gasteiger partial charge on any atom is 0.259 e. The Hall–Kier alpha value is -2.17. The Morgan fingerprint density at radius 1 is 0.886 bits per heavy atom. The minimum atomic E-state index is -1.40. The van der Waals surface area contributed by atoms with E-state index < -0.39 is 5.60 Å². The van der Waals surface area contributed by atoms with Gasteiger partial charge in [0.1, 0.15) is 6.54 Å². The Morgan fingerprint density at radius 2 is 1.46 bits per heavy atom. The van der Waals surface area contributed by atoms with Crippen LogP contribution in [0.25, 0.3) is 0 Å². The van der Waals surface area contributed by atoms with Gasteiger partial charge in [0.05, 0.1) is 20.1 Å². The number of nitrogens with zero attached hydrogens (tertiary/aromatic N) is 2. The fourth-order valence-electron chi connectivity index (χ4n) is 6.29. The third-order valence-corrected chi connectivity index (χ3v) is 8.64. The molecular formula is C31H45N2O2+. The normalized spacial score (nSPS) is 20.1. The number of amides is 1. The molecule has 190 valence electrons. The van der Waals surface area contributed by atoms with Crippen molar-refractivity contribution in [2.45, 2.75) is 82.9 Å². The molecule has 1 saturated carbocycles. The van der Waals surface area contributed by atoms with E-state index in [-0.39, 0.29) is 17.2 Å². The van der Waals surface area contributed by atoms with Crippen LogP contribution < -0.4 is 0 Å². The van der Waals surface area contributed by atoms with Crippen LogP contribution in [0.5, 0.6) is 0 Å². The summed E-state index contributed by atoms with van der Waals surface area (Å²) in [6.45, 7) is 9.18. The molecule has 4 heteroatoms. The lowest BCUT2D eigenvalue weighted by Crippen LogP contribution is -2.57. The second-order valence-electron chi connectivity index (χ2n) is 12.5. The van der Waals surface area contributed by atoms with Crippen LogP contribution in [0.2, 0.25) is 0 Å². The van der Waals surface area contributed by atoms with Crippen molar-refractivity contribution >= 4 is 5.91 Å². The van der Waals surface area contributed by atoms with Crippen molar-refractivity contribution in [3.05, 3.63) is 71.3 Å². The summed E-state index contributed by atoms with van der Waals surface area (Å²) in [4.78, 5) is 15.8. The zero-order valence-electron chi connectivity index (χ0n) is 22.5. The van der Waals surface area contributed by atoms with Crippen LogP contribution in [0, 0.1) is 5.92 Å². The summed E-state index contributed by atoms with van der Waals surface area (Å²) in [7, 11) is 4.64. The van der Waals surface area contributed by atoms with Gasteiger partial charge >= 0.3 is 0 Å². The zero-order valence-corrected chi connectivity index (χ0v) is 22.5. The van der Waals surface area contributed by atoms with Gasteiger partial charge in [0.25, 0.3) is 5.91 Å². The SMILES string of the molecule is CC(C)(C)c1ccc(C[N+](C)(C)C2CCN(C(=O)C(O)(c3ccccc3)C3CCCC3)CC2)cc1. The number of rotatable bonds is 6. The number of hydrogen-bond acceptors (Lipinski definition) is 2. The molecule has 1 unspecified atom stereocenters.